The fraction of sp³-hybridized carbons (Fsp3) is 0.357. The van der Waals surface area contributed by atoms with Gasteiger partial charge in [-0.15, -0.1) is 11.3 Å². The molecule has 108 valence electrons. The number of halogens is 1. The van der Waals surface area contributed by atoms with Crippen LogP contribution >= 0.6 is 27.3 Å². The number of rotatable bonds is 7. The first-order chi connectivity index (χ1) is 9.76. The van der Waals surface area contributed by atoms with E-state index in [-0.39, 0.29) is 0 Å². The second-order valence-corrected chi connectivity index (χ2v) is 5.85. The van der Waals surface area contributed by atoms with Gasteiger partial charge < -0.3 is 14.8 Å². The molecule has 0 aliphatic rings. The van der Waals surface area contributed by atoms with E-state index in [9.17, 15) is 0 Å². The Kier molecular flexibility index (Phi) is 5.67. The van der Waals surface area contributed by atoms with E-state index < -0.39 is 0 Å². The van der Waals surface area contributed by atoms with Crippen LogP contribution in [0.4, 0.5) is 5.13 Å². The molecule has 0 fully saturated rings. The minimum Gasteiger partial charge on any atom is -0.493 e. The Balaban J connectivity index is 2.23. The zero-order valence-electron chi connectivity index (χ0n) is 11.5. The molecule has 0 radical (unpaired) electrons. The Morgan fingerprint density at radius 1 is 1.40 bits per heavy atom. The molecule has 0 bridgehead atoms. The van der Waals surface area contributed by atoms with Gasteiger partial charge in [0.15, 0.2) is 16.6 Å². The Labute approximate surface area is 131 Å². The van der Waals surface area contributed by atoms with Gasteiger partial charge in [-0.05, 0) is 18.6 Å². The summed E-state index contributed by atoms with van der Waals surface area (Å²) >= 11 is 5.15. The first-order valence-corrected chi connectivity index (χ1v) is 8.05. The highest BCUT2D eigenvalue weighted by molar-refractivity contribution is 9.10. The zero-order valence-corrected chi connectivity index (χ0v) is 13.9. The average molecular weight is 357 g/mol. The van der Waals surface area contributed by atoms with Crippen molar-refractivity contribution in [2.24, 2.45) is 0 Å². The minimum absolute atomic E-state index is 0.629. The number of benzene rings is 1. The molecular weight excluding hydrogens is 340 g/mol. The molecule has 0 aliphatic carbocycles. The number of anilines is 1. The number of hydrogen-bond acceptors (Lipinski definition) is 5. The summed E-state index contributed by atoms with van der Waals surface area (Å²) in [6, 6.07) is 3.87. The number of hydrogen-bond donors (Lipinski definition) is 1. The summed E-state index contributed by atoms with van der Waals surface area (Å²) in [7, 11) is 1.65. The lowest BCUT2D eigenvalue weighted by Gasteiger charge is -2.16. The Bertz CT molecular complexity index is 546. The fourth-order valence-electron chi connectivity index (χ4n) is 1.74. The number of aromatic nitrogens is 1. The molecule has 0 aliphatic heterocycles. The van der Waals surface area contributed by atoms with Gasteiger partial charge in [-0.1, -0.05) is 22.9 Å². The topological polar surface area (TPSA) is 43.4 Å². The fourth-order valence-corrected chi connectivity index (χ4v) is 2.73. The van der Waals surface area contributed by atoms with E-state index in [1.165, 1.54) is 0 Å². The summed E-state index contributed by atoms with van der Waals surface area (Å²) in [5, 5.41) is 6.12. The first kappa shape index (κ1) is 15.1. The zero-order chi connectivity index (χ0) is 14.4. The number of nitrogens with one attached hydrogen (secondary N) is 1. The van der Waals surface area contributed by atoms with Crippen LogP contribution < -0.4 is 14.8 Å². The summed E-state index contributed by atoms with van der Waals surface area (Å²) in [4.78, 5) is 4.22. The molecule has 0 saturated heterocycles. The number of thiazole rings is 1. The van der Waals surface area contributed by atoms with Crippen LogP contribution in [0.1, 0.15) is 18.9 Å². The first-order valence-electron chi connectivity index (χ1n) is 6.37. The highest BCUT2D eigenvalue weighted by Gasteiger charge is 2.14. The van der Waals surface area contributed by atoms with Gasteiger partial charge >= 0.3 is 0 Å². The molecule has 1 aromatic carbocycles. The number of methoxy groups -OCH3 is 1. The van der Waals surface area contributed by atoms with E-state index in [1.54, 1.807) is 24.6 Å². The maximum absolute atomic E-state index is 5.85. The molecule has 1 heterocycles. The van der Waals surface area contributed by atoms with Crippen LogP contribution in [0.2, 0.25) is 0 Å². The smallest absolute Gasteiger partial charge is 0.182 e. The predicted octanol–water partition coefficient (Wildman–Crippen LogP) is 4.32. The maximum atomic E-state index is 5.85. The molecular formula is C14H17BrN2O2S. The Hall–Kier alpha value is -1.27. The predicted molar refractivity (Wildman–Crippen MR) is 85.9 cm³/mol. The quantitative estimate of drug-likeness (QED) is 0.802. The maximum Gasteiger partial charge on any atom is 0.182 e. The van der Waals surface area contributed by atoms with Crippen molar-refractivity contribution in [3.05, 3.63) is 33.7 Å². The second kappa shape index (κ2) is 7.50. The third-order valence-electron chi connectivity index (χ3n) is 2.69. The lowest BCUT2D eigenvalue weighted by atomic mass is 10.2. The van der Waals surface area contributed by atoms with Gasteiger partial charge in [-0.2, -0.15) is 0 Å². The van der Waals surface area contributed by atoms with Gasteiger partial charge in [-0.3, -0.25) is 0 Å². The number of ether oxygens (including phenoxy) is 2. The van der Waals surface area contributed by atoms with Crippen molar-refractivity contribution in [3.63, 3.8) is 0 Å². The van der Waals surface area contributed by atoms with E-state index in [2.05, 4.69) is 33.2 Å². The van der Waals surface area contributed by atoms with Crippen LogP contribution in [-0.2, 0) is 6.54 Å². The largest absolute Gasteiger partial charge is 0.493 e. The van der Waals surface area contributed by atoms with Crippen molar-refractivity contribution in [3.8, 4) is 11.5 Å². The molecule has 2 aromatic rings. The van der Waals surface area contributed by atoms with Gasteiger partial charge in [0.05, 0.1) is 13.7 Å². The SMILES string of the molecule is CCCOc1c(OC)ccc(Br)c1CNc1nccs1. The van der Waals surface area contributed by atoms with Crippen LogP contribution in [-0.4, -0.2) is 18.7 Å². The highest BCUT2D eigenvalue weighted by Crippen LogP contribution is 2.36. The second-order valence-electron chi connectivity index (χ2n) is 4.10. The normalized spacial score (nSPS) is 10.3. The summed E-state index contributed by atoms with van der Waals surface area (Å²) in [5.74, 6) is 1.53. The Morgan fingerprint density at radius 2 is 2.25 bits per heavy atom. The average Bonchev–Trinajstić information content (AvgIpc) is 2.97. The van der Waals surface area contributed by atoms with Crippen LogP contribution in [0.5, 0.6) is 11.5 Å². The lowest BCUT2D eigenvalue weighted by Crippen LogP contribution is -2.06. The molecule has 2 rings (SSSR count). The molecule has 4 nitrogen and oxygen atoms in total. The Morgan fingerprint density at radius 3 is 2.90 bits per heavy atom. The van der Waals surface area contributed by atoms with E-state index in [0.29, 0.717) is 13.2 Å². The summed E-state index contributed by atoms with van der Waals surface area (Å²) in [6.07, 6.45) is 2.73. The van der Waals surface area contributed by atoms with Gasteiger partial charge in [-0.25, -0.2) is 4.98 Å². The molecule has 0 saturated carbocycles. The van der Waals surface area contributed by atoms with Crippen molar-refractivity contribution in [2.75, 3.05) is 19.0 Å². The summed E-state index contributed by atoms with van der Waals surface area (Å²) < 4.78 is 12.2. The standard InChI is InChI=1S/C14H17BrN2O2S/c1-3-7-19-13-10(9-17-14-16-6-8-20-14)11(15)4-5-12(13)18-2/h4-6,8H,3,7,9H2,1-2H3,(H,16,17). The van der Waals surface area contributed by atoms with E-state index >= 15 is 0 Å². The third-order valence-corrected chi connectivity index (χ3v) is 4.16. The lowest BCUT2D eigenvalue weighted by molar-refractivity contribution is 0.291. The molecule has 0 atom stereocenters. The van der Waals surface area contributed by atoms with Crippen molar-refractivity contribution in [1.29, 1.82) is 0 Å². The van der Waals surface area contributed by atoms with Crippen LogP contribution in [0.3, 0.4) is 0 Å². The third kappa shape index (κ3) is 3.64. The summed E-state index contributed by atoms with van der Waals surface area (Å²) in [6.45, 7) is 3.37. The van der Waals surface area contributed by atoms with Gasteiger partial charge in [0.1, 0.15) is 0 Å². The monoisotopic (exact) mass is 356 g/mol. The van der Waals surface area contributed by atoms with Gasteiger partial charge in [0.25, 0.3) is 0 Å². The van der Waals surface area contributed by atoms with Crippen LogP contribution in [0, 0.1) is 0 Å². The molecule has 1 aromatic heterocycles. The van der Waals surface area contributed by atoms with E-state index in [4.69, 9.17) is 9.47 Å². The van der Waals surface area contributed by atoms with Crippen molar-refractivity contribution < 1.29 is 9.47 Å². The van der Waals surface area contributed by atoms with Crippen molar-refractivity contribution in [2.45, 2.75) is 19.9 Å². The van der Waals surface area contributed by atoms with Gasteiger partial charge in [0, 0.05) is 28.2 Å². The molecule has 0 unspecified atom stereocenters. The van der Waals surface area contributed by atoms with Gasteiger partial charge in [0.2, 0.25) is 0 Å². The van der Waals surface area contributed by atoms with Crippen molar-refractivity contribution in [1.82, 2.24) is 4.98 Å². The van der Waals surface area contributed by atoms with E-state index in [0.717, 1.165) is 33.1 Å². The molecule has 0 spiro atoms. The highest BCUT2D eigenvalue weighted by atomic mass is 79.9. The number of nitrogens with zero attached hydrogens (tertiary/aromatic N) is 1. The van der Waals surface area contributed by atoms with Crippen LogP contribution in [0.25, 0.3) is 0 Å². The molecule has 6 heteroatoms. The molecule has 1 N–H and O–H groups in total. The van der Waals surface area contributed by atoms with Crippen LogP contribution in [0.15, 0.2) is 28.2 Å². The van der Waals surface area contributed by atoms with Crippen molar-refractivity contribution >= 4 is 32.4 Å². The summed E-state index contributed by atoms with van der Waals surface area (Å²) in [5.41, 5.74) is 1.04. The molecule has 0 amide bonds. The minimum atomic E-state index is 0.629. The molecule has 20 heavy (non-hydrogen) atoms. The van der Waals surface area contributed by atoms with E-state index in [1.807, 2.05) is 17.5 Å².